The van der Waals surface area contributed by atoms with Crippen LogP contribution >= 0.6 is 0 Å². The molecule has 0 amide bonds. The van der Waals surface area contributed by atoms with E-state index in [1.54, 1.807) is 30.3 Å². The predicted molar refractivity (Wildman–Crippen MR) is 119 cm³/mol. The summed E-state index contributed by atoms with van der Waals surface area (Å²) in [5, 5.41) is 0. The van der Waals surface area contributed by atoms with Gasteiger partial charge in [-0.3, -0.25) is 4.79 Å². The molecule has 0 aliphatic heterocycles. The molecular weight excluding hydrogens is 371 g/mol. The molecule has 0 spiro atoms. The van der Waals surface area contributed by atoms with Gasteiger partial charge in [0.25, 0.3) is 0 Å². The van der Waals surface area contributed by atoms with Crippen LogP contribution in [0.2, 0.25) is 0 Å². The molecular formula is C28H19FO. The number of hydrogen-bond donors (Lipinski definition) is 0. The van der Waals surface area contributed by atoms with Crippen LogP contribution < -0.4 is 0 Å². The smallest absolute Gasteiger partial charge is 0.194 e. The number of carbonyl (C=O) groups is 1. The zero-order valence-electron chi connectivity index (χ0n) is 16.5. The molecule has 0 aromatic heterocycles. The Morgan fingerprint density at radius 3 is 2.17 bits per heavy atom. The highest BCUT2D eigenvalue weighted by Gasteiger charge is 2.14. The van der Waals surface area contributed by atoms with Crippen molar-refractivity contribution in [3.63, 3.8) is 0 Å². The topological polar surface area (TPSA) is 17.1 Å². The Kier molecular flexibility index (Phi) is 5.54. The van der Waals surface area contributed by atoms with Crippen molar-refractivity contribution in [1.82, 2.24) is 0 Å². The van der Waals surface area contributed by atoms with Gasteiger partial charge in [0, 0.05) is 22.3 Å². The van der Waals surface area contributed by atoms with Crippen molar-refractivity contribution < 1.29 is 9.18 Å². The molecule has 0 saturated carbocycles. The third kappa shape index (κ3) is 4.21. The Hall–Kier alpha value is -3.96. The van der Waals surface area contributed by atoms with Crippen molar-refractivity contribution in [3.8, 4) is 23.0 Å². The summed E-state index contributed by atoms with van der Waals surface area (Å²) in [6.45, 7) is 2.05. The van der Waals surface area contributed by atoms with Gasteiger partial charge in [0.15, 0.2) is 5.78 Å². The van der Waals surface area contributed by atoms with Gasteiger partial charge in [0.05, 0.1) is 0 Å². The Labute approximate surface area is 175 Å². The highest BCUT2D eigenvalue weighted by Crippen LogP contribution is 2.24. The van der Waals surface area contributed by atoms with Crippen molar-refractivity contribution in [1.29, 1.82) is 0 Å². The lowest BCUT2D eigenvalue weighted by molar-refractivity contribution is 0.103. The van der Waals surface area contributed by atoms with Crippen LogP contribution in [0.4, 0.5) is 4.39 Å². The third-order valence-electron chi connectivity index (χ3n) is 4.88. The molecule has 0 bridgehead atoms. The zero-order valence-corrected chi connectivity index (χ0v) is 16.5. The Bertz CT molecular complexity index is 1260. The number of aryl methyl sites for hydroxylation is 1. The van der Waals surface area contributed by atoms with E-state index in [9.17, 15) is 9.18 Å². The van der Waals surface area contributed by atoms with Crippen LogP contribution in [0.5, 0.6) is 0 Å². The molecule has 4 aromatic carbocycles. The van der Waals surface area contributed by atoms with E-state index in [0.717, 1.165) is 16.7 Å². The van der Waals surface area contributed by atoms with Gasteiger partial charge in [0.1, 0.15) is 5.82 Å². The van der Waals surface area contributed by atoms with E-state index in [1.807, 2.05) is 30.3 Å². The quantitative estimate of drug-likeness (QED) is 0.291. The summed E-state index contributed by atoms with van der Waals surface area (Å²) in [6.07, 6.45) is 0. The molecule has 0 saturated heterocycles. The minimum absolute atomic E-state index is 0.244. The van der Waals surface area contributed by atoms with Crippen molar-refractivity contribution in [2.45, 2.75) is 6.92 Å². The number of ketones is 1. The number of benzene rings is 4. The molecule has 0 N–H and O–H groups in total. The van der Waals surface area contributed by atoms with Crippen LogP contribution in [0.3, 0.4) is 0 Å². The van der Waals surface area contributed by atoms with Crippen LogP contribution in [0.1, 0.15) is 32.6 Å². The Morgan fingerprint density at radius 1 is 0.733 bits per heavy atom. The maximum atomic E-state index is 13.9. The standard InChI is InChI=1S/C28H19FO/c1-20-11-13-22(14-12-20)26-10-6-5-7-21(26)15-16-23-17-18-25(29)19-27(23)28(30)24-8-3-2-4-9-24/h2-14,17-19H,1H3. The Balaban J connectivity index is 1.76. The van der Waals surface area contributed by atoms with Crippen LogP contribution in [0.15, 0.2) is 97.1 Å². The van der Waals surface area contributed by atoms with E-state index in [0.29, 0.717) is 11.1 Å². The van der Waals surface area contributed by atoms with Gasteiger partial charge >= 0.3 is 0 Å². The number of rotatable bonds is 3. The fourth-order valence-electron chi connectivity index (χ4n) is 3.27. The minimum atomic E-state index is -0.458. The number of hydrogen-bond acceptors (Lipinski definition) is 1. The van der Waals surface area contributed by atoms with E-state index >= 15 is 0 Å². The summed E-state index contributed by atoms with van der Waals surface area (Å²) < 4.78 is 13.9. The van der Waals surface area contributed by atoms with Crippen LogP contribution in [0, 0.1) is 24.6 Å². The van der Waals surface area contributed by atoms with E-state index in [4.69, 9.17) is 0 Å². The van der Waals surface area contributed by atoms with Gasteiger partial charge < -0.3 is 0 Å². The second kappa shape index (κ2) is 8.59. The molecule has 30 heavy (non-hydrogen) atoms. The monoisotopic (exact) mass is 390 g/mol. The number of halogens is 1. The largest absolute Gasteiger partial charge is 0.289 e. The van der Waals surface area contributed by atoms with Crippen LogP contribution in [0.25, 0.3) is 11.1 Å². The molecule has 0 atom stereocenters. The molecule has 1 nitrogen and oxygen atoms in total. The Morgan fingerprint density at radius 2 is 1.40 bits per heavy atom. The van der Waals surface area contributed by atoms with Crippen molar-refractivity contribution in [2.24, 2.45) is 0 Å². The van der Waals surface area contributed by atoms with Gasteiger partial charge in [-0.05, 0) is 42.3 Å². The molecule has 4 aromatic rings. The second-order valence-corrected chi connectivity index (χ2v) is 7.05. The van der Waals surface area contributed by atoms with E-state index in [2.05, 4.69) is 43.0 Å². The van der Waals surface area contributed by atoms with Crippen molar-refractivity contribution >= 4 is 5.78 Å². The molecule has 2 heteroatoms. The highest BCUT2D eigenvalue weighted by molar-refractivity contribution is 6.10. The summed E-state index contributed by atoms with van der Waals surface area (Å²) in [5.74, 6) is 5.57. The van der Waals surface area contributed by atoms with Gasteiger partial charge in [-0.2, -0.15) is 0 Å². The summed E-state index contributed by atoms with van der Waals surface area (Å²) >= 11 is 0. The second-order valence-electron chi connectivity index (χ2n) is 7.05. The molecule has 4 rings (SSSR count). The highest BCUT2D eigenvalue weighted by atomic mass is 19.1. The lowest BCUT2D eigenvalue weighted by Crippen LogP contribution is -2.04. The van der Waals surface area contributed by atoms with Gasteiger partial charge in [-0.25, -0.2) is 4.39 Å². The predicted octanol–water partition coefficient (Wildman–Crippen LogP) is 6.43. The lowest BCUT2D eigenvalue weighted by atomic mass is 9.96. The summed E-state index contributed by atoms with van der Waals surface area (Å²) in [4.78, 5) is 12.9. The molecule has 0 aliphatic rings. The fraction of sp³-hybridized carbons (Fsp3) is 0.0357. The summed E-state index contributed by atoms with van der Waals surface area (Å²) in [6, 6.07) is 29.1. The van der Waals surface area contributed by atoms with E-state index < -0.39 is 5.82 Å². The van der Waals surface area contributed by atoms with Gasteiger partial charge in [0.2, 0.25) is 0 Å². The first kappa shape index (κ1) is 19.4. The normalized spacial score (nSPS) is 10.2. The first-order valence-electron chi connectivity index (χ1n) is 9.69. The third-order valence-corrected chi connectivity index (χ3v) is 4.88. The van der Waals surface area contributed by atoms with Crippen molar-refractivity contribution in [3.05, 3.63) is 131 Å². The molecule has 0 unspecified atom stereocenters. The molecule has 0 radical (unpaired) electrons. The summed E-state index contributed by atoms with van der Waals surface area (Å²) in [5.41, 5.74) is 5.41. The minimum Gasteiger partial charge on any atom is -0.289 e. The summed E-state index contributed by atoms with van der Waals surface area (Å²) in [7, 11) is 0. The maximum Gasteiger partial charge on any atom is 0.194 e. The SMILES string of the molecule is Cc1ccc(-c2ccccc2C#Cc2ccc(F)cc2C(=O)c2ccccc2)cc1. The fourth-order valence-corrected chi connectivity index (χ4v) is 3.27. The maximum absolute atomic E-state index is 13.9. The van der Waals surface area contributed by atoms with Gasteiger partial charge in [-0.1, -0.05) is 90.2 Å². The molecule has 0 heterocycles. The molecule has 0 aliphatic carbocycles. The first-order chi connectivity index (χ1) is 14.6. The van der Waals surface area contributed by atoms with E-state index in [1.165, 1.54) is 17.7 Å². The van der Waals surface area contributed by atoms with Gasteiger partial charge in [-0.15, -0.1) is 0 Å². The van der Waals surface area contributed by atoms with Crippen molar-refractivity contribution in [2.75, 3.05) is 0 Å². The van der Waals surface area contributed by atoms with Crippen LogP contribution in [-0.4, -0.2) is 5.78 Å². The average molecular weight is 390 g/mol. The molecule has 144 valence electrons. The van der Waals surface area contributed by atoms with Crippen LogP contribution in [-0.2, 0) is 0 Å². The average Bonchev–Trinajstić information content (AvgIpc) is 2.79. The zero-order chi connectivity index (χ0) is 20.9. The molecule has 0 fully saturated rings. The first-order valence-corrected chi connectivity index (χ1v) is 9.69. The lowest BCUT2D eigenvalue weighted by Gasteiger charge is -2.06. The van der Waals surface area contributed by atoms with E-state index in [-0.39, 0.29) is 11.3 Å². The number of carbonyl (C=O) groups excluding carboxylic acids is 1.